The summed E-state index contributed by atoms with van der Waals surface area (Å²) in [5.74, 6) is 0.957. The van der Waals surface area contributed by atoms with Crippen molar-refractivity contribution in [1.82, 2.24) is 0 Å². The third kappa shape index (κ3) is 4.89. The van der Waals surface area contributed by atoms with Crippen LogP contribution in [-0.2, 0) is 18.0 Å². The van der Waals surface area contributed by atoms with Crippen LogP contribution in [0.3, 0.4) is 0 Å². The predicted octanol–water partition coefficient (Wildman–Crippen LogP) is 5.49. The zero-order valence-electron chi connectivity index (χ0n) is 13.5. The van der Waals surface area contributed by atoms with E-state index in [1.807, 2.05) is 0 Å². The van der Waals surface area contributed by atoms with Gasteiger partial charge in [0, 0.05) is 5.56 Å². The molecule has 0 aliphatic carbocycles. The maximum Gasteiger partial charge on any atom is 0.126 e. The van der Waals surface area contributed by atoms with Gasteiger partial charge in [0.2, 0.25) is 0 Å². The first-order chi connectivity index (χ1) is 10.3. The molecule has 2 nitrogen and oxygen atoms in total. The molecular weight excluding hydrogens is 260 g/mol. The van der Waals surface area contributed by atoms with E-state index in [9.17, 15) is 0 Å². The van der Waals surface area contributed by atoms with Gasteiger partial charge in [-0.15, -0.1) is 0 Å². The van der Waals surface area contributed by atoms with E-state index in [1.165, 1.54) is 55.2 Å². The van der Waals surface area contributed by atoms with Crippen molar-refractivity contribution < 1.29 is 9.47 Å². The molecule has 0 radical (unpaired) electrons. The Kier molecular flexibility index (Phi) is 6.81. The van der Waals surface area contributed by atoms with Crippen LogP contribution in [0.4, 0.5) is 0 Å². The Morgan fingerprint density at radius 2 is 1.76 bits per heavy atom. The maximum absolute atomic E-state index is 5.49. The molecule has 1 heterocycles. The fourth-order valence-electron chi connectivity index (χ4n) is 2.79. The summed E-state index contributed by atoms with van der Waals surface area (Å²) in [6, 6.07) is 4.33. The van der Waals surface area contributed by atoms with Crippen LogP contribution in [0.2, 0.25) is 0 Å². The Labute approximate surface area is 129 Å². The number of fused-ring (bicyclic) bond motifs is 1. The number of unbranched alkanes of at least 4 members (excludes halogenated alkanes) is 6. The lowest BCUT2D eigenvalue weighted by atomic mass is 10.0. The van der Waals surface area contributed by atoms with Gasteiger partial charge in [-0.1, -0.05) is 51.2 Å². The van der Waals surface area contributed by atoms with Crippen LogP contribution in [0.5, 0.6) is 5.75 Å². The molecule has 1 aliphatic rings. The van der Waals surface area contributed by atoms with E-state index in [2.05, 4.69) is 31.2 Å². The lowest BCUT2D eigenvalue weighted by Gasteiger charge is -2.07. The number of benzene rings is 1. The lowest BCUT2D eigenvalue weighted by Crippen LogP contribution is -1.91. The molecule has 2 heteroatoms. The predicted molar refractivity (Wildman–Crippen MR) is 88.5 cm³/mol. The number of allylic oxidation sites excluding steroid dienone is 1. The Morgan fingerprint density at radius 1 is 1.05 bits per heavy atom. The van der Waals surface area contributed by atoms with Gasteiger partial charge in [-0.25, -0.2) is 0 Å². The van der Waals surface area contributed by atoms with E-state index in [4.69, 9.17) is 9.47 Å². The molecule has 0 saturated carbocycles. The van der Waals surface area contributed by atoms with Crippen LogP contribution in [0.1, 0.15) is 68.6 Å². The number of methoxy groups -OCH3 is 1. The molecule has 1 aliphatic heterocycles. The quantitative estimate of drug-likeness (QED) is 0.559. The highest BCUT2D eigenvalue weighted by atomic mass is 16.5. The third-order valence-corrected chi connectivity index (χ3v) is 4.09. The second-order valence-corrected chi connectivity index (χ2v) is 5.81. The summed E-state index contributed by atoms with van der Waals surface area (Å²) in [5.41, 5.74) is 3.74. The smallest absolute Gasteiger partial charge is 0.126 e. The second kappa shape index (κ2) is 8.89. The third-order valence-electron chi connectivity index (χ3n) is 4.09. The van der Waals surface area contributed by atoms with Crippen LogP contribution >= 0.6 is 0 Å². The minimum Gasteiger partial charge on any atom is -0.496 e. The van der Waals surface area contributed by atoms with Crippen LogP contribution in [0, 0.1) is 0 Å². The van der Waals surface area contributed by atoms with E-state index in [0.717, 1.165) is 18.8 Å². The average molecular weight is 288 g/mol. The summed E-state index contributed by atoms with van der Waals surface area (Å²) in [7, 11) is 1.74. The molecule has 0 amide bonds. The fourth-order valence-corrected chi connectivity index (χ4v) is 2.79. The molecule has 0 bridgehead atoms. The largest absolute Gasteiger partial charge is 0.496 e. The molecule has 1 aromatic carbocycles. The molecular formula is C19H28O2. The zero-order chi connectivity index (χ0) is 14.9. The van der Waals surface area contributed by atoms with E-state index in [0.29, 0.717) is 6.61 Å². The fraction of sp³-hybridized carbons (Fsp3) is 0.579. The Balaban J connectivity index is 1.80. The topological polar surface area (TPSA) is 18.5 Å². The molecule has 21 heavy (non-hydrogen) atoms. The minimum absolute atomic E-state index is 0.716. The summed E-state index contributed by atoms with van der Waals surface area (Å²) in [4.78, 5) is 0. The molecule has 1 aromatic rings. The summed E-state index contributed by atoms with van der Waals surface area (Å²) in [6.07, 6.45) is 13.7. The highest BCUT2D eigenvalue weighted by molar-refractivity contribution is 5.60. The minimum atomic E-state index is 0.716. The van der Waals surface area contributed by atoms with Gasteiger partial charge in [0.1, 0.15) is 5.75 Å². The van der Waals surface area contributed by atoms with Crippen molar-refractivity contribution in [2.24, 2.45) is 0 Å². The van der Waals surface area contributed by atoms with Crippen molar-refractivity contribution in [3.8, 4) is 5.75 Å². The number of hydrogen-bond acceptors (Lipinski definition) is 2. The molecule has 0 atom stereocenters. The Hall–Kier alpha value is -1.28. The maximum atomic E-state index is 5.49. The molecule has 0 aromatic heterocycles. The monoisotopic (exact) mass is 288 g/mol. The van der Waals surface area contributed by atoms with E-state index >= 15 is 0 Å². The summed E-state index contributed by atoms with van der Waals surface area (Å²) < 4.78 is 11.0. The van der Waals surface area contributed by atoms with Gasteiger partial charge in [-0.2, -0.15) is 0 Å². The number of hydrogen-bond donors (Lipinski definition) is 0. The highest BCUT2D eigenvalue weighted by Gasteiger charge is 2.14. The van der Waals surface area contributed by atoms with Crippen molar-refractivity contribution in [2.75, 3.05) is 7.11 Å². The molecule has 116 valence electrons. The summed E-state index contributed by atoms with van der Waals surface area (Å²) >= 11 is 0. The first-order valence-electron chi connectivity index (χ1n) is 8.29. The molecule has 0 saturated heterocycles. The van der Waals surface area contributed by atoms with Crippen molar-refractivity contribution in [1.29, 1.82) is 0 Å². The zero-order valence-corrected chi connectivity index (χ0v) is 13.5. The van der Waals surface area contributed by atoms with Gasteiger partial charge >= 0.3 is 0 Å². The number of rotatable bonds is 9. The second-order valence-electron chi connectivity index (χ2n) is 5.81. The van der Waals surface area contributed by atoms with E-state index in [1.54, 1.807) is 7.11 Å². The highest BCUT2D eigenvalue weighted by Crippen LogP contribution is 2.29. The van der Waals surface area contributed by atoms with Crippen molar-refractivity contribution in [2.45, 2.75) is 65.1 Å². The molecule has 0 fully saturated rings. The van der Waals surface area contributed by atoms with Gasteiger partial charge < -0.3 is 9.47 Å². The molecule has 0 unspecified atom stereocenters. The van der Waals surface area contributed by atoms with Gasteiger partial charge in [-0.3, -0.25) is 0 Å². The summed E-state index contributed by atoms with van der Waals surface area (Å²) in [6.45, 7) is 3.71. The van der Waals surface area contributed by atoms with Crippen LogP contribution in [-0.4, -0.2) is 7.11 Å². The average Bonchev–Trinajstić information content (AvgIpc) is 2.96. The van der Waals surface area contributed by atoms with Gasteiger partial charge in [-0.05, 0) is 36.1 Å². The lowest BCUT2D eigenvalue weighted by molar-refractivity contribution is 0.134. The molecule has 0 N–H and O–H groups in total. The standard InChI is InChI=1S/C19H28O2/c1-3-4-5-6-7-8-9-10-11-16-12-17-14-21-15-18(17)13-19(16)20-2/h10-13H,3-9,14-15H2,1-2H3/b11-10+. The van der Waals surface area contributed by atoms with Crippen LogP contribution in [0.15, 0.2) is 18.2 Å². The molecule has 0 spiro atoms. The first kappa shape index (κ1) is 16.1. The van der Waals surface area contributed by atoms with Gasteiger partial charge in [0.15, 0.2) is 0 Å². The van der Waals surface area contributed by atoms with Crippen molar-refractivity contribution in [3.05, 3.63) is 34.9 Å². The first-order valence-corrected chi connectivity index (χ1v) is 8.29. The van der Waals surface area contributed by atoms with Crippen molar-refractivity contribution in [3.63, 3.8) is 0 Å². The van der Waals surface area contributed by atoms with Crippen LogP contribution in [0.25, 0.3) is 6.08 Å². The van der Waals surface area contributed by atoms with E-state index < -0.39 is 0 Å². The van der Waals surface area contributed by atoms with Crippen molar-refractivity contribution >= 4 is 6.08 Å². The number of ether oxygens (including phenoxy) is 2. The van der Waals surface area contributed by atoms with Gasteiger partial charge in [0.05, 0.1) is 20.3 Å². The van der Waals surface area contributed by atoms with Gasteiger partial charge in [0.25, 0.3) is 0 Å². The SMILES string of the molecule is CCCCCCCC/C=C/c1cc2c(cc1OC)COC2. The molecule has 2 rings (SSSR count). The Morgan fingerprint density at radius 3 is 2.52 bits per heavy atom. The van der Waals surface area contributed by atoms with Crippen LogP contribution < -0.4 is 4.74 Å². The Bertz CT molecular complexity index is 463. The van der Waals surface area contributed by atoms with E-state index in [-0.39, 0.29) is 0 Å². The summed E-state index contributed by atoms with van der Waals surface area (Å²) in [5, 5.41) is 0. The normalized spacial score (nSPS) is 13.8.